The van der Waals surface area contributed by atoms with E-state index in [4.69, 9.17) is 9.29 Å². The molecule has 1 heterocycles. The lowest BCUT2D eigenvalue weighted by Gasteiger charge is -2.31. The predicted molar refractivity (Wildman–Crippen MR) is 70.5 cm³/mol. The van der Waals surface area contributed by atoms with Crippen LogP contribution in [0.1, 0.15) is 5.56 Å². The number of benzene rings is 1. The first-order chi connectivity index (χ1) is 9.16. The molecule has 0 aromatic heterocycles. The Labute approximate surface area is 114 Å². The van der Waals surface area contributed by atoms with Crippen LogP contribution in [0.4, 0.5) is 4.79 Å². The molecule has 1 unspecified atom stereocenters. The van der Waals surface area contributed by atoms with Crippen LogP contribution in [0, 0.1) is 0 Å². The molecule has 0 spiro atoms. The molecule has 0 aliphatic carbocycles. The van der Waals surface area contributed by atoms with E-state index in [9.17, 15) is 9.00 Å². The van der Waals surface area contributed by atoms with Crippen LogP contribution in [-0.4, -0.2) is 50.2 Å². The minimum Gasteiger partial charge on any atom is -0.445 e. The Hall–Kier alpha value is -1.44. The minimum absolute atomic E-state index is 0.242. The SMILES string of the molecule is O=C(OCc1ccccc1)N1CCN(S(=O)O)CC1. The van der Waals surface area contributed by atoms with Gasteiger partial charge >= 0.3 is 6.09 Å². The van der Waals surface area contributed by atoms with Crippen LogP contribution < -0.4 is 0 Å². The molecule has 1 aliphatic heterocycles. The van der Waals surface area contributed by atoms with Crippen molar-refractivity contribution in [2.75, 3.05) is 26.2 Å². The Morgan fingerprint density at radius 2 is 1.84 bits per heavy atom. The molecule has 1 aliphatic rings. The van der Waals surface area contributed by atoms with E-state index >= 15 is 0 Å². The number of carbonyl (C=O) groups is 1. The molecule has 1 saturated heterocycles. The molecule has 6 nitrogen and oxygen atoms in total. The van der Waals surface area contributed by atoms with Crippen molar-refractivity contribution < 1.29 is 18.3 Å². The highest BCUT2D eigenvalue weighted by Gasteiger charge is 2.24. The number of rotatable bonds is 3. The summed E-state index contributed by atoms with van der Waals surface area (Å²) in [5, 5.41) is 0. The standard InChI is InChI=1S/C12H16N2O4S/c15-12(18-10-11-4-2-1-3-5-11)13-6-8-14(9-7-13)19(16)17/h1-5H,6-10H2,(H,16,17). The zero-order valence-corrected chi connectivity index (χ0v) is 11.2. The Bertz CT molecular complexity index is 446. The van der Waals surface area contributed by atoms with Crippen LogP contribution in [0.25, 0.3) is 0 Å². The Kier molecular flexibility index (Phi) is 4.89. The first kappa shape index (κ1) is 14.0. The second-order valence-corrected chi connectivity index (χ2v) is 5.16. The van der Waals surface area contributed by atoms with Gasteiger partial charge in [0, 0.05) is 26.2 Å². The minimum atomic E-state index is -1.96. The molecule has 1 fully saturated rings. The average Bonchev–Trinajstić information content (AvgIpc) is 2.46. The quantitative estimate of drug-likeness (QED) is 0.843. The molecule has 0 bridgehead atoms. The maximum atomic E-state index is 11.8. The van der Waals surface area contributed by atoms with Gasteiger partial charge in [-0.3, -0.25) is 4.55 Å². The lowest BCUT2D eigenvalue weighted by molar-refractivity contribution is 0.0836. The number of piperazine rings is 1. The van der Waals surface area contributed by atoms with E-state index in [1.165, 1.54) is 4.31 Å². The molecule has 2 rings (SSSR count). The number of hydrogen-bond donors (Lipinski definition) is 1. The summed E-state index contributed by atoms with van der Waals surface area (Å²) in [5.41, 5.74) is 0.936. The molecule has 1 amide bonds. The summed E-state index contributed by atoms with van der Waals surface area (Å²) in [6.07, 6.45) is -0.382. The van der Waals surface area contributed by atoms with E-state index in [1.54, 1.807) is 4.90 Å². The van der Waals surface area contributed by atoms with E-state index in [-0.39, 0.29) is 12.7 Å². The molecule has 104 valence electrons. The van der Waals surface area contributed by atoms with Crippen molar-refractivity contribution in [2.24, 2.45) is 0 Å². The smallest absolute Gasteiger partial charge is 0.410 e. The molecule has 7 heteroatoms. The van der Waals surface area contributed by atoms with Gasteiger partial charge in [0.15, 0.2) is 0 Å². The summed E-state index contributed by atoms with van der Waals surface area (Å²) in [7, 11) is 0. The molecule has 1 aromatic carbocycles. The van der Waals surface area contributed by atoms with Crippen LogP contribution in [0.5, 0.6) is 0 Å². The fraction of sp³-hybridized carbons (Fsp3) is 0.417. The van der Waals surface area contributed by atoms with Gasteiger partial charge in [0.05, 0.1) is 0 Å². The van der Waals surface area contributed by atoms with E-state index in [1.807, 2.05) is 30.3 Å². The zero-order valence-electron chi connectivity index (χ0n) is 10.4. The van der Waals surface area contributed by atoms with E-state index < -0.39 is 11.3 Å². The molecule has 1 N–H and O–H groups in total. The second-order valence-electron chi connectivity index (χ2n) is 4.19. The Morgan fingerprint density at radius 3 is 2.42 bits per heavy atom. The van der Waals surface area contributed by atoms with Crippen LogP contribution in [0.3, 0.4) is 0 Å². The van der Waals surface area contributed by atoms with Gasteiger partial charge in [-0.05, 0) is 5.56 Å². The van der Waals surface area contributed by atoms with Crippen LogP contribution >= 0.6 is 0 Å². The summed E-state index contributed by atoms with van der Waals surface area (Å²) < 4.78 is 26.4. The van der Waals surface area contributed by atoms with Crippen molar-refractivity contribution in [3.05, 3.63) is 35.9 Å². The molecule has 19 heavy (non-hydrogen) atoms. The fourth-order valence-electron chi connectivity index (χ4n) is 1.84. The number of hydrogen-bond acceptors (Lipinski definition) is 3. The third kappa shape index (κ3) is 4.02. The van der Waals surface area contributed by atoms with Gasteiger partial charge in [0.2, 0.25) is 11.3 Å². The number of amides is 1. The highest BCUT2D eigenvalue weighted by atomic mass is 32.2. The number of nitrogens with zero attached hydrogens (tertiary/aromatic N) is 2. The van der Waals surface area contributed by atoms with Crippen LogP contribution in [0.2, 0.25) is 0 Å². The first-order valence-electron chi connectivity index (χ1n) is 5.98. The summed E-state index contributed by atoms with van der Waals surface area (Å²) >= 11 is -1.96. The zero-order chi connectivity index (χ0) is 13.7. The highest BCUT2D eigenvalue weighted by molar-refractivity contribution is 7.76. The topological polar surface area (TPSA) is 70.1 Å². The van der Waals surface area contributed by atoms with Gasteiger partial charge in [0.25, 0.3) is 0 Å². The third-order valence-electron chi connectivity index (χ3n) is 2.92. The van der Waals surface area contributed by atoms with Crippen molar-refractivity contribution in [3.63, 3.8) is 0 Å². The van der Waals surface area contributed by atoms with E-state index in [0.29, 0.717) is 26.2 Å². The molecule has 0 saturated carbocycles. The van der Waals surface area contributed by atoms with Crippen LogP contribution in [0.15, 0.2) is 30.3 Å². The van der Waals surface area contributed by atoms with Crippen molar-refractivity contribution in [1.29, 1.82) is 0 Å². The van der Waals surface area contributed by atoms with Gasteiger partial charge in [-0.15, -0.1) is 0 Å². The lowest BCUT2D eigenvalue weighted by Crippen LogP contribution is -2.49. The Morgan fingerprint density at radius 1 is 1.21 bits per heavy atom. The highest BCUT2D eigenvalue weighted by Crippen LogP contribution is 2.07. The van der Waals surface area contributed by atoms with Gasteiger partial charge in [-0.2, -0.15) is 4.31 Å². The van der Waals surface area contributed by atoms with Gasteiger partial charge in [-0.25, -0.2) is 9.00 Å². The molecular weight excluding hydrogens is 268 g/mol. The monoisotopic (exact) mass is 284 g/mol. The van der Waals surface area contributed by atoms with Gasteiger partial charge in [0.1, 0.15) is 6.61 Å². The normalized spacial score (nSPS) is 18.1. The number of ether oxygens (including phenoxy) is 1. The summed E-state index contributed by atoms with van der Waals surface area (Å²) in [6, 6.07) is 9.46. The lowest BCUT2D eigenvalue weighted by atomic mass is 10.2. The molecule has 0 radical (unpaired) electrons. The second kappa shape index (κ2) is 6.65. The molecule has 1 aromatic rings. The van der Waals surface area contributed by atoms with Crippen molar-refractivity contribution in [3.8, 4) is 0 Å². The van der Waals surface area contributed by atoms with Crippen molar-refractivity contribution in [2.45, 2.75) is 6.61 Å². The Balaban J connectivity index is 1.77. The van der Waals surface area contributed by atoms with Crippen LogP contribution in [-0.2, 0) is 22.6 Å². The summed E-state index contributed by atoms with van der Waals surface area (Å²) in [5.74, 6) is 0. The fourth-order valence-corrected chi connectivity index (χ4v) is 2.31. The van der Waals surface area contributed by atoms with Gasteiger partial charge in [-0.1, -0.05) is 30.3 Å². The third-order valence-corrected chi connectivity index (χ3v) is 3.73. The molecular formula is C12H16N2O4S. The average molecular weight is 284 g/mol. The van der Waals surface area contributed by atoms with E-state index in [0.717, 1.165) is 5.56 Å². The summed E-state index contributed by atoms with van der Waals surface area (Å²) in [6.45, 7) is 1.80. The predicted octanol–water partition coefficient (Wildman–Crippen LogP) is 1.08. The molecule has 1 atom stereocenters. The number of carbonyl (C=O) groups excluding carboxylic acids is 1. The van der Waals surface area contributed by atoms with E-state index in [2.05, 4.69) is 0 Å². The largest absolute Gasteiger partial charge is 0.445 e. The van der Waals surface area contributed by atoms with Crippen molar-refractivity contribution in [1.82, 2.24) is 9.21 Å². The summed E-state index contributed by atoms with van der Waals surface area (Å²) in [4.78, 5) is 13.3. The van der Waals surface area contributed by atoms with Gasteiger partial charge < -0.3 is 9.64 Å². The maximum absolute atomic E-state index is 11.8. The first-order valence-corrected chi connectivity index (χ1v) is 7.05. The maximum Gasteiger partial charge on any atom is 0.410 e. The van der Waals surface area contributed by atoms with Crippen molar-refractivity contribution >= 4 is 17.4 Å².